The molecule has 0 fully saturated rings. The Morgan fingerprint density at radius 2 is 1.67 bits per heavy atom. The van der Waals surface area contributed by atoms with Gasteiger partial charge >= 0.3 is 19.5 Å². The van der Waals surface area contributed by atoms with Crippen LogP contribution in [0, 0.1) is 6.42 Å². The predicted molar refractivity (Wildman–Crippen MR) is 58.6 cm³/mol. The average Bonchev–Trinajstić information content (AvgIpc) is 2.16. The summed E-state index contributed by atoms with van der Waals surface area (Å²) in [5, 5.41) is 9.76. The molecule has 2 nitrogen and oxygen atoms in total. The van der Waals surface area contributed by atoms with Crippen molar-refractivity contribution in [1.29, 1.82) is 0 Å². The first-order chi connectivity index (χ1) is 6.68. The number of carboxylic acids is 1. The molecule has 0 saturated carbocycles. The number of rotatable bonds is 7. The van der Waals surface area contributed by atoms with E-state index in [0.717, 1.165) is 19.3 Å². The fourth-order valence-electron chi connectivity index (χ4n) is 0.928. The number of aliphatic carboxylic acids is 1. The zero-order chi connectivity index (χ0) is 11.2. The molecule has 0 aromatic heterocycles. The van der Waals surface area contributed by atoms with Gasteiger partial charge in [0, 0.05) is 5.97 Å². The molecule has 0 unspecified atom stereocenters. The number of unbranched alkanes of at least 4 members (excludes halogenated alkanes) is 5. The van der Waals surface area contributed by atoms with Gasteiger partial charge in [-0.2, -0.15) is 13.3 Å². The van der Waals surface area contributed by atoms with Gasteiger partial charge in [0.1, 0.15) is 0 Å². The summed E-state index contributed by atoms with van der Waals surface area (Å²) in [6, 6.07) is 0. The van der Waals surface area contributed by atoms with Crippen LogP contribution in [0.2, 0.25) is 0 Å². The van der Waals surface area contributed by atoms with E-state index in [9.17, 15) is 9.90 Å². The molecule has 0 aromatic carbocycles. The topological polar surface area (TPSA) is 40.1 Å². The third-order valence-electron chi connectivity index (χ3n) is 1.83. The smallest absolute Gasteiger partial charge is 0.550 e. The van der Waals surface area contributed by atoms with E-state index in [-0.39, 0.29) is 25.9 Å². The van der Waals surface area contributed by atoms with Crippen molar-refractivity contribution in [3.05, 3.63) is 6.42 Å². The molecule has 15 heavy (non-hydrogen) atoms. The Labute approximate surface area is 108 Å². The fourth-order valence-corrected chi connectivity index (χ4v) is 0.928. The van der Waals surface area contributed by atoms with Crippen molar-refractivity contribution in [2.75, 3.05) is 0 Å². The van der Waals surface area contributed by atoms with E-state index in [1.54, 1.807) is 0 Å². The van der Waals surface area contributed by atoms with Gasteiger partial charge < -0.3 is 16.3 Å². The molecule has 0 amide bonds. The molecule has 0 atom stereocenters. The maximum Gasteiger partial charge on any atom is 2.00 e. The molecular weight excluding hydrogens is 242 g/mol. The molecule has 0 spiro atoms. The minimum Gasteiger partial charge on any atom is -0.550 e. The third-order valence-corrected chi connectivity index (χ3v) is 1.83. The van der Waals surface area contributed by atoms with Gasteiger partial charge in [0.2, 0.25) is 0 Å². The molecule has 0 heterocycles. The second-order valence-corrected chi connectivity index (χ2v) is 3.38. The van der Waals surface area contributed by atoms with E-state index < -0.39 is 5.97 Å². The first-order valence-electron chi connectivity index (χ1n) is 5.66. The Balaban J connectivity index is -0.000000187. The van der Waals surface area contributed by atoms with Gasteiger partial charge in [-0.1, -0.05) is 39.5 Å². The molecule has 0 aliphatic rings. The number of hydrogen-bond donors (Lipinski definition) is 0. The Hall–Kier alpha value is 0.0934. The average molecular weight is 266 g/mol. The van der Waals surface area contributed by atoms with Crippen LogP contribution in [0.3, 0.4) is 0 Å². The quantitative estimate of drug-likeness (QED) is 0.403. The van der Waals surface area contributed by atoms with E-state index >= 15 is 0 Å². The Morgan fingerprint density at radius 3 is 1.93 bits per heavy atom. The zero-order valence-corrected chi connectivity index (χ0v) is 13.5. The second-order valence-electron chi connectivity index (χ2n) is 3.38. The van der Waals surface area contributed by atoms with Crippen LogP contribution in [-0.4, -0.2) is 5.97 Å². The van der Waals surface area contributed by atoms with Crippen molar-refractivity contribution in [3.63, 3.8) is 0 Å². The summed E-state index contributed by atoms with van der Waals surface area (Å²) in [4.78, 5) is 9.76. The molecule has 0 aliphatic heterocycles. The van der Waals surface area contributed by atoms with Crippen molar-refractivity contribution in [2.45, 2.75) is 65.7 Å². The monoisotopic (exact) mass is 264 g/mol. The van der Waals surface area contributed by atoms with Crippen LogP contribution in [0.1, 0.15) is 65.7 Å². The molecule has 3 heteroatoms. The van der Waals surface area contributed by atoms with E-state index in [0.29, 0.717) is 0 Å². The first kappa shape index (κ1) is 20.5. The van der Waals surface area contributed by atoms with Gasteiger partial charge in [-0.15, -0.1) is 0 Å². The van der Waals surface area contributed by atoms with Gasteiger partial charge in [-0.05, 0) is 12.8 Å². The van der Waals surface area contributed by atoms with Gasteiger partial charge in [0.25, 0.3) is 0 Å². The van der Waals surface area contributed by atoms with Crippen molar-refractivity contribution in [2.24, 2.45) is 0 Å². The molecule has 0 N–H and O–H groups in total. The number of carbonyl (C=O) groups is 1. The summed E-state index contributed by atoms with van der Waals surface area (Å²) in [6.45, 7) is 6.36. The number of hydrogen-bond acceptors (Lipinski definition) is 2. The van der Waals surface area contributed by atoms with Crippen molar-refractivity contribution >= 4 is 5.97 Å². The summed E-state index contributed by atoms with van der Waals surface area (Å²) >= 11 is 0. The standard InChI is InChI=1S/C6H12O2.C6H13.Zn/c1-2-3-4-5-6(7)8;1-3-5-6-4-2;/h2-5H2,1H3,(H,7,8);3H,4-6H2,1-2H3;/q;-1;+2/p-1. The summed E-state index contributed by atoms with van der Waals surface area (Å²) in [5.74, 6) is -0.932. The van der Waals surface area contributed by atoms with Gasteiger partial charge in [0.15, 0.2) is 0 Å². The summed E-state index contributed by atoms with van der Waals surface area (Å²) < 4.78 is 0. The predicted octanol–water partition coefficient (Wildman–Crippen LogP) is 2.71. The molecule has 0 aliphatic carbocycles. The summed E-state index contributed by atoms with van der Waals surface area (Å²) in [7, 11) is 0. The fraction of sp³-hybridized carbons (Fsp3) is 0.833. The molecule has 0 rings (SSSR count). The van der Waals surface area contributed by atoms with Gasteiger partial charge in [-0.25, -0.2) is 0 Å². The Bertz CT molecular complexity index is 112. The van der Waals surface area contributed by atoms with Crippen molar-refractivity contribution in [3.8, 4) is 0 Å². The van der Waals surface area contributed by atoms with E-state index in [1.807, 2.05) is 6.92 Å². The molecule has 0 radical (unpaired) electrons. The summed E-state index contributed by atoms with van der Waals surface area (Å²) in [5.41, 5.74) is 0. The SMILES string of the molecule is CCCCCC(=O)[O-].C[CH-]CCCC.[Zn+2]. The van der Waals surface area contributed by atoms with Crippen LogP contribution < -0.4 is 5.11 Å². The maximum atomic E-state index is 9.76. The normalized spacial score (nSPS) is 8.47. The summed E-state index contributed by atoms with van der Waals surface area (Å²) in [6.07, 6.45) is 9.22. The van der Waals surface area contributed by atoms with Crippen LogP contribution in [0.15, 0.2) is 0 Å². The minimum absolute atomic E-state index is 0. The van der Waals surface area contributed by atoms with Crippen LogP contribution in [0.25, 0.3) is 0 Å². The van der Waals surface area contributed by atoms with Gasteiger partial charge in [-0.3, -0.25) is 0 Å². The van der Waals surface area contributed by atoms with Crippen LogP contribution in [0.5, 0.6) is 0 Å². The van der Waals surface area contributed by atoms with Crippen LogP contribution in [-0.2, 0) is 24.3 Å². The van der Waals surface area contributed by atoms with Crippen molar-refractivity contribution < 1.29 is 29.4 Å². The molecule has 0 saturated heterocycles. The van der Waals surface area contributed by atoms with Gasteiger partial charge in [0.05, 0.1) is 0 Å². The number of carbonyl (C=O) groups excluding carboxylic acids is 1. The maximum absolute atomic E-state index is 9.76. The largest absolute Gasteiger partial charge is 2.00 e. The molecule has 0 bridgehead atoms. The first-order valence-corrected chi connectivity index (χ1v) is 5.66. The zero-order valence-electron chi connectivity index (χ0n) is 10.6. The number of carboxylic acid groups (broad SMARTS) is 1. The molecular formula is C12H24O2Zn. The minimum atomic E-state index is -0.932. The Morgan fingerprint density at radius 1 is 1.13 bits per heavy atom. The van der Waals surface area contributed by atoms with Crippen LogP contribution >= 0.6 is 0 Å². The van der Waals surface area contributed by atoms with E-state index in [2.05, 4.69) is 20.3 Å². The third kappa shape index (κ3) is 31.5. The Kier molecular flexibility index (Phi) is 26.8. The second kappa shape index (κ2) is 19.6. The van der Waals surface area contributed by atoms with Crippen molar-refractivity contribution in [1.82, 2.24) is 0 Å². The van der Waals surface area contributed by atoms with E-state index in [4.69, 9.17) is 0 Å². The van der Waals surface area contributed by atoms with E-state index in [1.165, 1.54) is 19.3 Å². The van der Waals surface area contributed by atoms with Crippen LogP contribution in [0.4, 0.5) is 0 Å². The molecule has 86 valence electrons. The molecule has 0 aromatic rings.